The minimum Gasteiger partial charge on any atom is -0.312 e. The van der Waals surface area contributed by atoms with E-state index in [-0.39, 0.29) is 5.82 Å². The molecule has 1 unspecified atom stereocenters. The Balaban J connectivity index is 1.58. The molecule has 2 heterocycles. The van der Waals surface area contributed by atoms with Crippen molar-refractivity contribution < 1.29 is 4.39 Å². The van der Waals surface area contributed by atoms with E-state index in [9.17, 15) is 4.39 Å². The molecular weight excluding hydrogens is 239 g/mol. The Hall–Kier alpha value is -0.930. The van der Waals surface area contributed by atoms with E-state index in [4.69, 9.17) is 0 Å². The quantitative estimate of drug-likeness (QED) is 0.900. The van der Waals surface area contributed by atoms with Crippen LogP contribution in [0.25, 0.3) is 0 Å². The predicted molar refractivity (Wildman–Crippen MR) is 75.7 cm³/mol. The van der Waals surface area contributed by atoms with Crippen LogP contribution in [0.2, 0.25) is 0 Å². The van der Waals surface area contributed by atoms with Crippen molar-refractivity contribution in [3.05, 3.63) is 35.6 Å². The molecule has 3 heteroatoms. The number of nitrogens with one attached hydrogen (secondary N) is 1. The highest BCUT2D eigenvalue weighted by molar-refractivity contribution is 5.17. The Labute approximate surface area is 115 Å². The maximum atomic E-state index is 12.9. The summed E-state index contributed by atoms with van der Waals surface area (Å²) in [5.74, 6) is 0.692. The molecule has 1 aromatic carbocycles. The molecule has 104 valence electrons. The van der Waals surface area contributed by atoms with Gasteiger partial charge in [-0.25, -0.2) is 4.39 Å². The Morgan fingerprint density at radius 2 is 2.11 bits per heavy atom. The first-order valence-corrected chi connectivity index (χ1v) is 7.44. The van der Waals surface area contributed by atoms with E-state index in [0.717, 1.165) is 12.3 Å². The smallest absolute Gasteiger partial charge is 0.123 e. The molecule has 2 aliphatic rings. The molecule has 0 spiro atoms. The molecule has 2 aliphatic heterocycles. The summed E-state index contributed by atoms with van der Waals surface area (Å²) in [6, 6.07) is 8.18. The lowest BCUT2D eigenvalue weighted by molar-refractivity contribution is 0.246. The van der Waals surface area contributed by atoms with Crippen molar-refractivity contribution in [3.8, 4) is 0 Å². The topological polar surface area (TPSA) is 15.3 Å². The number of benzene rings is 1. The van der Waals surface area contributed by atoms with Crippen LogP contribution in [-0.2, 0) is 6.42 Å². The summed E-state index contributed by atoms with van der Waals surface area (Å²) >= 11 is 0. The SMILES string of the molecule is CC(Cc1ccc(F)cc1)N1C[C@@H]2CCCN[C@@H]2C1. The fourth-order valence-electron chi connectivity index (χ4n) is 3.53. The summed E-state index contributed by atoms with van der Waals surface area (Å²) in [6.07, 6.45) is 3.71. The highest BCUT2D eigenvalue weighted by Gasteiger charge is 2.35. The lowest BCUT2D eigenvalue weighted by Gasteiger charge is -2.25. The molecule has 0 amide bonds. The third-order valence-electron chi connectivity index (χ3n) is 4.70. The van der Waals surface area contributed by atoms with Gasteiger partial charge in [0.1, 0.15) is 5.82 Å². The first-order valence-electron chi connectivity index (χ1n) is 7.44. The van der Waals surface area contributed by atoms with Crippen LogP contribution in [0.15, 0.2) is 24.3 Å². The normalized spacial score (nSPS) is 29.2. The fraction of sp³-hybridized carbons (Fsp3) is 0.625. The summed E-state index contributed by atoms with van der Waals surface area (Å²) < 4.78 is 12.9. The third-order valence-corrected chi connectivity index (χ3v) is 4.70. The van der Waals surface area contributed by atoms with Gasteiger partial charge in [-0.1, -0.05) is 12.1 Å². The zero-order valence-corrected chi connectivity index (χ0v) is 11.6. The molecule has 3 rings (SSSR count). The Bertz CT molecular complexity index is 403. The second kappa shape index (κ2) is 5.59. The predicted octanol–water partition coefficient (Wildman–Crippen LogP) is 2.44. The highest BCUT2D eigenvalue weighted by atomic mass is 19.1. The highest BCUT2D eigenvalue weighted by Crippen LogP contribution is 2.27. The molecule has 2 saturated heterocycles. The summed E-state index contributed by atoms with van der Waals surface area (Å²) in [6.45, 7) is 5.87. The Morgan fingerprint density at radius 1 is 1.32 bits per heavy atom. The average Bonchev–Trinajstić information content (AvgIpc) is 2.85. The van der Waals surface area contributed by atoms with Crippen LogP contribution in [0.5, 0.6) is 0 Å². The first-order chi connectivity index (χ1) is 9.22. The van der Waals surface area contributed by atoms with Gasteiger partial charge in [0.25, 0.3) is 0 Å². The molecule has 0 saturated carbocycles. The van der Waals surface area contributed by atoms with Crippen molar-refractivity contribution in [2.24, 2.45) is 5.92 Å². The summed E-state index contributed by atoms with van der Waals surface area (Å²) in [7, 11) is 0. The molecule has 0 bridgehead atoms. The molecule has 3 atom stereocenters. The van der Waals surface area contributed by atoms with Gasteiger partial charge in [0.05, 0.1) is 0 Å². The van der Waals surface area contributed by atoms with Crippen molar-refractivity contribution in [3.63, 3.8) is 0 Å². The van der Waals surface area contributed by atoms with Gasteiger partial charge in [0, 0.05) is 25.2 Å². The number of piperidine rings is 1. The van der Waals surface area contributed by atoms with Crippen molar-refractivity contribution in [2.45, 2.75) is 38.3 Å². The number of nitrogens with zero attached hydrogens (tertiary/aromatic N) is 1. The third kappa shape index (κ3) is 2.98. The molecule has 2 fully saturated rings. The first kappa shape index (κ1) is 13.1. The average molecular weight is 262 g/mol. The standard InChI is InChI=1S/C16H23FN2/c1-12(9-13-4-6-15(17)7-5-13)19-10-14-3-2-8-18-16(14)11-19/h4-7,12,14,16,18H,2-3,8-11H2,1H3/t12?,14-,16+/m0/s1. The van der Waals surface area contributed by atoms with E-state index in [2.05, 4.69) is 17.1 Å². The second-order valence-electron chi connectivity index (χ2n) is 6.10. The molecule has 1 aromatic rings. The van der Waals surface area contributed by atoms with Gasteiger partial charge in [-0.05, 0) is 56.3 Å². The van der Waals surface area contributed by atoms with Gasteiger partial charge in [-0.3, -0.25) is 4.90 Å². The van der Waals surface area contributed by atoms with Crippen LogP contribution in [0.3, 0.4) is 0 Å². The lowest BCUT2D eigenvalue weighted by atomic mass is 9.94. The maximum Gasteiger partial charge on any atom is 0.123 e. The minimum atomic E-state index is -0.146. The number of halogens is 1. The van der Waals surface area contributed by atoms with E-state index in [1.54, 1.807) is 12.1 Å². The van der Waals surface area contributed by atoms with Crippen LogP contribution in [-0.4, -0.2) is 36.6 Å². The molecular formula is C16H23FN2. The van der Waals surface area contributed by atoms with Gasteiger partial charge in [0.15, 0.2) is 0 Å². The van der Waals surface area contributed by atoms with Gasteiger partial charge >= 0.3 is 0 Å². The van der Waals surface area contributed by atoms with Crippen molar-refractivity contribution in [1.82, 2.24) is 10.2 Å². The van der Waals surface area contributed by atoms with Crippen LogP contribution in [0.4, 0.5) is 4.39 Å². The fourth-order valence-corrected chi connectivity index (χ4v) is 3.53. The van der Waals surface area contributed by atoms with Crippen molar-refractivity contribution in [2.75, 3.05) is 19.6 Å². The summed E-state index contributed by atoms with van der Waals surface area (Å²) in [4.78, 5) is 2.59. The number of fused-ring (bicyclic) bond motifs is 1. The van der Waals surface area contributed by atoms with E-state index in [1.807, 2.05) is 12.1 Å². The van der Waals surface area contributed by atoms with Crippen molar-refractivity contribution >= 4 is 0 Å². The Morgan fingerprint density at radius 3 is 2.84 bits per heavy atom. The molecule has 2 nitrogen and oxygen atoms in total. The zero-order chi connectivity index (χ0) is 13.2. The number of rotatable bonds is 3. The molecule has 19 heavy (non-hydrogen) atoms. The summed E-state index contributed by atoms with van der Waals surface area (Å²) in [5, 5.41) is 3.65. The maximum absolute atomic E-state index is 12.9. The molecule has 0 aliphatic carbocycles. The van der Waals surface area contributed by atoms with Crippen molar-refractivity contribution in [1.29, 1.82) is 0 Å². The zero-order valence-electron chi connectivity index (χ0n) is 11.6. The molecule has 1 N–H and O–H groups in total. The number of likely N-dealkylation sites (tertiary alicyclic amines) is 1. The number of hydrogen-bond acceptors (Lipinski definition) is 2. The lowest BCUT2D eigenvalue weighted by Crippen LogP contribution is -2.41. The van der Waals surface area contributed by atoms with Gasteiger partial charge in [-0.2, -0.15) is 0 Å². The Kier molecular flexibility index (Phi) is 3.85. The molecule has 0 radical (unpaired) electrons. The van der Waals surface area contributed by atoms with Crippen LogP contribution < -0.4 is 5.32 Å². The van der Waals surface area contributed by atoms with E-state index >= 15 is 0 Å². The minimum absolute atomic E-state index is 0.146. The van der Waals surface area contributed by atoms with Gasteiger partial charge < -0.3 is 5.32 Å². The second-order valence-corrected chi connectivity index (χ2v) is 6.10. The van der Waals surface area contributed by atoms with Crippen LogP contribution >= 0.6 is 0 Å². The van der Waals surface area contributed by atoms with E-state index in [0.29, 0.717) is 12.1 Å². The molecule has 0 aromatic heterocycles. The van der Waals surface area contributed by atoms with Gasteiger partial charge in [-0.15, -0.1) is 0 Å². The van der Waals surface area contributed by atoms with Gasteiger partial charge in [0.2, 0.25) is 0 Å². The van der Waals surface area contributed by atoms with Crippen LogP contribution in [0.1, 0.15) is 25.3 Å². The van der Waals surface area contributed by atoms with Crippen LogP contribution in [0, 0.1) is 11.7 Å². The largest absolute Gasteiger partial charge is 0.312 e. The van der Waals surface area contributed by atoms with E-state index < -0.39 is 0 Å². The number of hydrogen-bond donors (Lipinski definition) is 1. The monoisotopic (exact) mass is 262 g/mol. The summed E-state index contributed by atoms with van der Waals surface area (Å²) in [5.41, 5.74) is 1.23. The van der Waals surface area contributed by atoms with E-state index in [1.165, 1.54) is 38.0 Å².